The van der Waals surface area contributed by atoms with Gasteiger partial charge in [0.2, 0.25) is 5.91 Å². The predicted molar refractivity (Wildman–Crippen MR) is 118 cm³/mol. The Morgan fingerprint density at radius 1 is 1.18 bits per heavy atom. The van der Waals surface area contributed by atoms with E-state index in [0.717, 1.165) is 29.1 Å². The molecule has 2 aromatic heterocycles. The summed E-state index contributed by atoms with van der Waals surface area (Å²) in [6.45, 7) is 5.41. The summed E-state index contributed by atoms with van der Waals surface area (Å²) in [6, 6.07) is 6.06. The number of aryl methyl sites for hydroxylation is 1. The lowest BCUT2D eigenvalue weighted by Crippen LogP contribution is -2.60. The van der Waals surface area contributed by atoms with Gasteiger partial charge in [-0.1, -0.05) is 12.1 Å². The maximum Gasteiger partial charge on any atom is 0.416 e. The molecule has 5 rings (SSSR count). The molecule has 10 heteroatoms. The van der Waals surface area contributed by atoms with E-state index < -0.39 is 11.7 Å². The first kappa shape index (κ1) is 21.4. The Labute approximate surface area is 188 Å². The molecule has 1 spiro atoms. The molecule has 0 radical (unpaired) electrons. The van der Waals surface area contributed by atoms with Crippen LogP contribution < -0.4 is 15.5 Å². The van der Waals surface area contributed by atoms with Gasteiger partial charge in [0.05, 0.1) is 16.7 Å². The molecule has 172 valence electrons. The second-order valence-electron chi connectivity index (χ2n) is 8.81. The summed E-state index contributed by atoms with van der Waals surface area (Å²) in [4.78, 5) is 18.8. The molecule has 2 fully saturated rings. The number of carbonyl (C=O) groups is 1. The van der Waals surface area contributed by atoms with Crippen molar-refractivity contribution in [2.24, 2.45) is 5.41 Å². The van der Waals surface area contributed by atoms with Crippen LogP contribution in [-0.4, -0.2) is 40.7 Å². The number of alkyl halides is 3. The van der Waals surface area contributed by atoms with Gasteiger partial charge in [0.15, 0.2) is 5.82 Å². The second kappa shape index (κ2) is 7.57. The number of fused-ring (bicyclic) bond motifs is 1. The van der Waals surface area contributed by atoms with Crippen molar-refractivity contribution >= 4 is 28.3 Å². The molecular formula is C23H23F3N6O. The summed E-state index contributed by atoms with van der Waals surface area (Å²) in [5, 5.41) is 16.1. The number of pyridine rings is 1. The van der Waals surface area contributed by atoms with Gasteiger partial charge in [-0.25, -0.2) is 4.98 Å². The largest absolute Gasteiger partial charge is 0.416 e. The maximum atomic E-state index is 13.3. The summed E-state index contributed by atoms with van der Waals surface area (Å²) in [5.41, 5.74) is 0.456. The minimum Gasteiger partial charge on any atom is -0.364 e. The topological polar surface area (TPSA) is 83.0 Å². The van der Waals surface area contributed by atoms with Crippen molar-refractivity contribution in [3.8, 4) is 0 Å². The number of anilines is 2. The van der Waals surface area contributed by atoms with Crippen LogP contribution in [0.25, 0.3) is 10.8 Å². The van der Waals surface area contributed by atoms with Crippen molar-refractivity contribution in [1.82, 2.24) is 20.5 Å². The van der Waals surface area contributed by atoms with E-state index >= 15 is 0 Å². The molecule has 2 saturated heterocycles. The van der Waals surface area contributed by atoms with Crippen LogP contribution in [0.1, 0.15) is 28.8 Å². The molecule has 2 aliphatic rings. The fourth-order valence-electron chi connectivity index (χ4n) is 4.69. The van der Waals surface area contributed by atoms with E-state index in [2.05, 4.69) is 30.7 Å². The first-order chi connectivity index (χ1) is 15.7. The molecule has 0 saturated carbocycles. The molecule has 1 aromatic carbocycles. The van der Waals surface area contributed by atoms with E-state index in [-0.39, 0.29) is 23.4 Å². The van der Waals surface area contributed by atoms with Crippen LogP contribution in [0.2, 0.25) is 0 Å². The number of hydrogen-bond acceptors (Lipinski definition) is 6. The van der Waals surface area contributed by atoms with Crippen molar-refractivity contribution in [1.29, 1.82) is 0 Å². The Hall–Kier alpha value is -3.43. The molecule has 2 aliphatic heterocycles. The highest BCUT2D eigenvalue weighted by Crippen LogP contribution is 2.40. The monoisotopic (exact) mass is 456 g/mol. The van der Waals surface area contributed by atoms with E-state index in [0.29, 0.717) is 36.7 Å². The van der Waals surface area contributed by atoms with Crippen LogP contribution in [-0.2, 0) is 17.5 Å². The van der Waals surface area contributed by atoms with Gasteiger partial charge >= 0.3 is 6.18 Å². The smallest absolute Gasteiger partial charge is 0.364 e. The third-order valence-corrected chi connectivity index (χ3v) is 6.71. The molecule has 0 unspecified atom stereocenters. The van der Waals surface area contributed by atoms with Crippen molar-refractivity contribution in [2.45, 2.75) is 33.0 Å². The highest BCUT2D eigenvalue weighted by molar-refractivity contribution is 5.94. The average molecular weight is 456 g/mol. The number of nitrogens with zero attached hydrogens (tertiary/aromatic N) is 4. The lowest BCUT2D eigenvalue weighted by Gasteiger charge is -2.46. The summed E-state index contributed by atoms with van der Waals surface area (Å²) in [5.74, 6) is 1.31. The standard InChI is InChI=1S/C23H23F3N6O/c1-13-15(4-3-5-18(13)23(24,25)26)9-29-20-16-8-19(28-10-17(16)14(2)30-31-20)32-11-22(12-32)6-7-27-21(22)33/h3-5,8,10H,6-7,9,11-12H2,1-2H3,(H,27,33)(H,29,31). The zero-order valence-electron chi connectivity index (χ0n) is 18.3. The number of benzene rings is 1. The Morgan fingerprint density at radius 2 is 1.97 bits per heavy atom. The van der Waals surface area contributed by atoms with Gasteiger partial charge in [0.1, 0.15) is 5.82 Å². The minimum absolute atomic E-state index is 0.0973. The average Bonchev–Trinajstić information content (AvgIpc) is 3.13. The van der Waals surface area contributed by atoms with E-state index in [1.54, 1.807) is 12.3 Å². The van der Waals surface area contributed by atoms with E-state index in [1.807, 2.05) is 13.0 Å². The van der Waals surface area contributed by atoms with Crippen molar-refractivity contribution in [2.75, 3.05) is 29.9 Å². The van der Waals surface area contributed by atoms with Crippen LogP contribution in [0.15, 0.2) is 30.5 Å². The fraction of sp³-hybridized carbons (Fsp3) is 0.391. The van der Waals surface area contributed by atoms with Gasteiger partial charge in [0.25, 0.3) is 0 Å². The lowest BCUT2D eigenvalue weighted by molar-refractivity contribution is -0.138. The van der Waals surface area contributed by atoms with Crippen molar-refractivity contribution in [3.63, 3.8) is 0 Å². The molecule has 0 bridgehead atoms. The summed E-state index contributed by atoms with van der Waals surface area (Å²) >= 11 is 0. The molecular weight excluding hydrogens is 433 g/mol. The SMILES string of the molecule is Cc1c(CNc2nnc(C)c3cnc(N4CC5(CCNC5=O)C4)cc23)cccc1C(F)(F)F. The number of carbonyl (C=O) groups excluding carboxylic acids is 1. The van der Waals surface area contributed by atoms with Crippen LogP contribution in [0, 0.1) is 19.3 Å². The Bertz CT molecular complexity index is 1250. The lowest BCUT2D eigenvalue weighted by atomic mass is 9.78. The Balaban J connectivity index is 1.42. The molecule has 33 heavy (non-hydrogen) atoms. The Morgan fingerprint density at radius 3 is 2.67 bits per heavy atom. The highest BCUT2D eigenvalue weighted by Gasteiger charge is 2.52. The number of aromatic nitrogens is 3. The van der Waals surface area contributed by atoms with E-state index in [4.69, 9.17) is 0 Å². The molecule has 7 nitrogen and oxygen atoms in total. The third-order valence-electron chi connectivity index (χ3n) is 6.71. The van der Waals surface area contributed by atoms with Gasteiger partial charge < -0.3 is 15.5 Å². The third kappa shape index (κ3) is 3.63. The maximum absolute atomic E-state index is 13.3. The van der Waals surface area contributed by atoms with Crippen LogP contribution in [0.4, 0.5) is 24.8 Å². The highest BCUT2D eigenvalue weighted by atomic mass is 19.4. The molecule has 2 N–H and O–H groups in total. The molecule has 1 amide bonds. The number of hydrogen-bond donors (Lipinski definition) is 2. The number of amides is 1. The zero-order valence-corrected chi connectivity index (χ0v) is 18.3. The minimum atomic E-state index is -4.40. The molecule has 4 heterocycles. The normalized spacial score (nSPS) is 17.4. The van der Waals surface area contributed by atoms with Gasteiger partial charge in [-0.05, 0) is 43.5 Å². The molecule has 0 aliphatic carbocycles. The summed E-state index contributed by atoms with van der Waals surface area (Å²) in [7, 11) is 0. The first-order valence-corrected chi connectivity index (χ1v) is 10.7. The quantitative estimate of drug-likeness (QED) is 0.624. The summed E-state index contributed by atoms with van der Waals surface area (Å²) in [6.07, 6.45) is -1.85. The summed E-state index contributed by atoms with van der Waals surface area (Å²) < 4.78 is 39.8. The van der Waals surface area contributed by atoms with Crippen LogP contribution in [0.3, 0.4) is 0 Å². The Kier molecular flexibility index (Phi) is 4.91. The van der Waals surface area contributed by atoms with Gasteiger partial charge in [0, 0.05) is 43.1 Å². The zero-order chi connectivity index (χ0) is 23.4. The second-order valence-corrected chi connectivity index (χ2v) is 8.81. The van der Waals surface area contributed by atoms with Gasteiger partial charge in [-0.3, -0.25) is 4.79 Å². The van der Waals surface area contributed by atoms with Crippen molar-refractivity contribution in [3.05, 3.63) is 52.8 Å². The van der Waals surface area contributed by atoms with Crippen LogP contribution >= 0.6 is 0 Å². The number of nitrogens with one attached hydrogen (secondary N) is 2. The fourth-order valence-corrected chi connectivity index (χ4v) is 4.69. The van der Waals surface area contributed by atoms with Crippen molar-refractivity contribution < 1.29 is 18.0 Å². The number of halogens is 3. The molecule has 0 atom stereocenters. The van der Waals surface area contributed by atoms with E-state index in [1.165, 1.54) is 13.0 Å². The van der Waals surface area contributed by atoms with Gasteiger partial charge in [-0.2, -0.15) is 18.3 Å². The van der Waals surface area contributed by atoms with E-state index in [9.17, 15) is 18.0 Å². The number of rotatable bonds is 4. The predicted octanol–water partition coefficient (Wildman–Crippen LogP) is 3.60. The van der Waals surface area contributed by atoms with Gasteiger partial charge in [-0.15, -0.1) is 5.10 Å². The first-order valence-electron chi connectivity index (χ1n) is 10.7. The van der Waals surface area contributed by atoms with Crippen LogP contribution in [0.5, 0.6) is 0 Å². The molecule has 3 aromatic rings.